The quantitative estimate of drug-likeness (QED) is 0.706. The Morgan fingerprint density at radius 2 is 1.74 bits per heavy atom. The Hall–Kier alpha value is -1.47. The lowest BCUT2D eigenvalue weighted by atomic mass is 10.1. The highest BCUT2D eigenvalue weighted by atomic mass is 127. The van der Waals surface area contributed by atoms with Crippen LogP contribution in [0.3, 0.4) is 0 Å². The molecule has 5 heteroatoms. The van der Waals surface area contributed by atoms with Crippen molar-refractivity contribution in [3.05, 3.63) is 69.0 Å². The molecule has 0 aliphatic carbocycles. The molecule has 0 aromatic heterocycles. The van der Waals surface area contributed by atoms with E-state index in [1.165, 1.54) is 17.7 Å². The van der Waals surface area contributed by atoms with E-state index < -0.39 is 0 Å². The summed E-state index contributed by atoms with van der Waals surface area (Å²) in [4.78, 5) is 16.8. The molecule has 120 valence electrons. The zero-order chi connectivity index (χ0) is 16.2. The van der Waals surface area contributed by atoms with Crippen molar-refractivity contribution in [2.75, 3.05) is 26.2 Å². The fraction of sp³-hybridized carbons (Fsp3) is 0.278. The van der Waals surface area contributed by atoms with E-state index in [0.717, 1.165) is 19.6 Å². The average molecular weight is 424 g/mol. The molecule has 3 nitrogen and oxygen atoms in total. The van der Waals surface area contributed by atoms with Crippen LogP contribution in [0.4, 0.5) is 4.39 Å². The summed E-state index contributed by atoms with van der Waals surface area (Å²) < 4.78 is 13.8. The van der Waals surface area contributed by atoms with E-state index in [1.807, 2.05) is 45.7 Å². The first kappa shape index (κ1) is 16.4. The van der Waals surface area contributed by atoms with Crippen LogP contribution in [0.15, 0.2) is 48.5 Å². The van der Waals surface area contributed by atoms with Gasteiger partial charge in [-0.05, 0) is 46.4 Å². The van der Waals surface area contributed by atoms with Gasteiger partial charge in [-0.1, -0.05) is 30.3 Å². The Labute approximate surface area is 149 Å². The Kier molecular flexibility index (Phi) is 5.27. The minimum absolute atomic E-state index is 0.00578. The van der Waals surface area contributed by atoms with Gasteiger partial charge in [0.05, 0.1) is 5.56 Å². The summed E-state index contributed by atoms with van der Waals surface area (Å²) in [6, 6.07) is 14.7. The van der Waals surface area contributed by atoms with E-state index in [1.54, 1.807) is 6.07 Å². The molecular formula is C18H18FIN2O. The summed E-state index contributed by atoms with van der Waals surface area (Å²) in [5.74, 6) is -0.313. The average Bonchev–Trinajstić information content (AvgIpc) is 2.56. The molecule has 1 heterocycles. The maximum Gasteiger partial charge on any atom is 0.255 e. The van der Waals surface area contributed by atoms with Crippen LogP contribution in [0.5, 0.6) is 0 Å². The van der Waals surface area contributed by atoms with Crippen molar-refractivity contribution >= 4 is 28.5 Å². The molecule has 1 fully saturated rings. The highest BCUT2D eigenvalue weighted by Crippen LogP contribution is 2.17. The van der Waals surface area contributed by atoms with Crippen molar-refractivity contribution in [3.63, 3.8) is 0 Å². The third-order valence-corrected chi connectivity index (χ3v) is 4.96. The number of hydrogen-bond acceptors (Lipinski definition) is 2. The zero-order valence-corrected chi connectivity index (χ0v) is 14.9. The van der Waals surface area contributed by atoms with Gasteiger partial charge in [0.15, 0.2) is 0 Å². The van der Waals surface area contributed by atoms with Crippen molar-refractivity contribution in [3.8, 4) is 0 Å². The molecule has 23 heavy (non-hydrogen) atoms. The highest BCUT2D eigenvalue weighted by molar-refractivity contribution is 14.1. The van der Waals surface area contributed by atoms with Crippen molar-refractivity contribution in [1.82, 2.24) is 9.80 Å². The summed E-state index contributed by atoms with van der Waals surface area (Å²) in [6.07, 6.45) is 0. The fourth-order valence-electron chi connectivity index (χ4n) is 2.78. The Balaban J connectivity index is 1.59. The number of amides is 1. The molecule has 1 saturated heterocycles. The molecule has 1 aliphatic rings. The maximum atomic E-state index is 13.2. The smallest absolute Gasteiger partial charge is 0.255 e. The molecule has 0 N–H and O–H groups in total. The number of rotatable bonds is 3. The van der Waals surface area contributed by atoms with Crippen LogP contribution in [0, 0.1) is 9.39 Å². The molecule has 1 amide bonds. The normalized spacial score (nSPS) is 15.7. The third-order valence-electron chi connectivity index (χ3n) is 4.07. The fourth-order valence-corrected chi connectivity index (χ4v) is 3.49. The lowest BCUT2D eigenvalue weighted by Gasteiger charge is -2.35. The SMILES string of the molecule is O=C(c1ccc(F)cc1I)N1CCN(Cc2ccccc2)CC1. The summed E-state index contributed by atoms with van der Waals surface area (Å²) >= 11 is 2.02. The maximum absolute atomic E-state index is 13.2. The molecule has 0 spiro atoms. The van der Waals surface area contributed by atoms with Crippen molar-refractivity contribution in [2.45, 2.75) is 6.54 Å². The van der Waals surface area contributed by atoms with Gasteiger partial charge in [-0.15, -0.1) is 0 Å². The predicted molar refractivity (Wildman–Crippen MR) is 96.7 cm³/mol. The zero-order valence-electron chi connectivity index (χ0n) is 12.7. The lowest BCUT2D eigenvalue weighted by molar-refractivity contribution is 0.0627. The number of carbonyl (C=O) groups is 1. The molecular weight excluding hydrogens is 406 g/mol. The van der Waals surface area contributed by atoms with Gasteiger partial charge in [-0.2, -0.15) is 0 Å². The summed E-state index contributed by atoms with van der Waals surface area (Å²) in [5.41, 5.74) is 1.88. The molecule has 2 aromatic rings. The van der Waals surface area contributed by atoms with Gasteiger partial charge in [0, 0.05) is 36.3 Å². The predicted octanol–water partition coefficient (Wildman–Crippen LogP) is 3.39. The number of nitrogens with zero attached hydrogens (tertiary/aromatic N) is 2. The van der Waals surface area contributed by atoms with E-state index in [4.69, 9.17) is 0 Å². The van der Waals surface area contributed by atoms with E-state index >= 15 is 0 Å². The van der Waals surface area contributed by atoms with E-state index in [9.17, 15) is 9.18 Å². The molecule has 1 aliphatic heterocycles. The van der Waals surface area contributed by atoms with Crippen LogP contribution >= 0.6 is 22.6 Å². The Morgan fingerprint density at radius 3 is 2.39 bits per heavy atom. The van der Waals surface area contributed by atoms with Gasteiger partial charge in [0.2, 0.25) is 0 Å². The summed E-state index contributed by atoms with van der Waals surface area (Å²) in [6.45, 7) is 4.05. The number of hydrogen-bond donors (Lipinski definition) is 0. The van der Waals surface area contributed by atoms with Crippen LogP contribution < -0.4 is 0 Å². The van der Waals surface area contributed by atoms with Crippen LogP contribution in [0.2, 0.25) is 0 Å². The van der Waals surface area contributed by atoms with Gasteiger partial charge in [0.25, 0.3) is 5.91 Å². The van der Waals surface area contributed by atoms with Gasteiger partial charge in [0.1, 0.15) is 5.82 Å². The van der Waals surface area contributed by atoms with Crippen LogP contribution in [0.25, 0.3) is 0 Å². The lowest BCUT2D eigenvalue weighted by Crippen LogP contribution is -2.48. The number of halogens is 2. The van der Waals surface area contributed by atoms with Crippen molar-refractivity contribution < 1.29 is 9.18 Å². The molecule has 2 aromatic carbocycles. The molecule has 0 bridgehead atoms. The van der Waals surface area contributed by atoms with Crippen LogP contribution in [0.1, 0.15) is 15.9 Å². The largest absolute Gasteiger partial charge is 0.336 e. The van der Waals surface area contributed by atoms with Crippen molar-refractivity contribution in [1.29, 1.82) is 0 Å². The van der Waals surface area contributed by atoms with Crippen molar-refractivity contribution in [2.24, 2.45) is 0 Å². The number of piperazine rings is 1. The first-order chi connectivity index (χ1) is 11.1. The standard InChI is InChI=1S/C18H18FIN2O/c19-15-6-7-16(17(20)12-15)18(23)22-10-8-21(9-11-22)13-14-4-2-1-3-5-14/h1-7,12H,8-11,13H2. The topological polar surface area (TPSA) is 23.6 Å². The second-order valence-corrected chi connectivity index (χ2v) is 6.84. The second kappa shape index (κ2) is 7.40. The molecule has 0 radical (unpaired) electrons. The van der Waals surface area contributed by atoms with E-state index in [2.05, 4.69) is 17.0 Å². The van der Waals surface area contributed by atoms with Gasteiger partial charge < -0.3 is 4.90 Å². The van der Waals surface area contributed by atoms with Gasteiger partial charge >= 0.3 is 0 Å². The summed E-state index contributed by atoms with van der Waals surface area (Å²) in [7, 11) is 0. The Bertz CT molecular complexity index is 685. The third kappa shape index (κ3) is 4.09. The second-order valence-electron chi connectivity index (χ2n) is 5.68. The van der Waals surface area contributed by atoms with E-state index in [-0.39, 0.29) is 11.7 Å². The summed E-state index contributed by atoms with van der Waals surface area (Å²) in [5, 5.41) is 0. The molecule has 0 saturated carbocycles. The first-order valence-electron chi connectivity index (χ1n) is 7.64. The Morgan fingerprint density at radius 1 is 1.04 bits per heavy atom. The van der Waals surface area contributed by atoms with Crippen LogP contribution in [-0.2, 0) is 6.54 Å². The molecule has 3 rings (SSSR count). The first-order valence-corrected chi connectivity index (χ1v) is 8.72. The number of benzene rings is 2. The minimum atomic E-state index is -0.307. The van der Waals surface area contributed by atoms with Gasteiger partial charge in [-0.3, -0.25) is 9.69 Å². The molecule has 0 unspecified atom stereocenters. The van der Waals surface area contributed by atoms with E-state index in [0.29, 0.717) is 22.2 Å². The molecule has 0 atom stereocenters. The monoisotopic (exact) mass is 424 g/mol. The number of carbonyl (C=O) groups excluding carboxylic acids is 1. The minimum Gasteiger partial charge on any atom is -0.336 e. The van der Waals surface area contributed by atoms with Gasteiger partial charge in [-0.25, -0.2) is 4.39 Å². The highest BCUT2D eigenvalue weighted by Gasteiger charge is 2.23. The van der Waals surface area contributed by atoms with Crippen LogP contribution in [-0.4, -0.2) is 41.9 Å².